The van der Waals surface area contributed by atoms with E-state index in [1.54, 1.807) is 10.4 Å². The Bertz CT molecular complexity index is 569. The largest absolute Gasteiger partial charge is 0.244 e. The average molecular weight is 346 g/mol. The van der Waals surface area contributed by atoms with E-state index >= 15 is 0 Å². The number of benzene rings is 1. The fourth-order valence-electron chi connectivity index (χ4n) is 2.67. The number of aryl methyl sites for hydroxylation is 1. The highest BCUT2D eigenvalue weighted by Gasteiger charge is 2.37. The van der Waals surface area contributed by atoms with E-state index < -0.39 is 10.0 Å². The first kappa shape index (κ1) is 15.0. The Morgan fingerprint density at radius 1 is 1.37 bits per heavy atom. The Hall–Kier alpha value is -0.390. The van der Waals surface area contributed by atoms with E-state index in [9.17, 15) is 8.42 Å². The quantitative estimate of drug-likeness (QED) is 0.839. The maximum atomic E-state index is 12.8. The average Bonchev–Trinajstić information content (AvgIpc) is 2.77. The molecule has 1 aromatic rings. The van der Waals surface area contributed by atoms with Crippen LogP contribution in [0.15, 0.2) is 27.6 Å². The van der Waals surface area contributed by atoms with Crippen molar-refractivity contribution >= 4 is 26.0 Å². The topological polar surface area (TPSA) is 37.4 Å². The summed E-state index contributed by atoms with van der Waals surface area (Å²) in [6.07, 6.45) is 1.91. The number of rotatable bonds is 3. The molecule has 19 heavy (non-hydrogen) atoms. The molecule has 1 aromatic carbocycles. The second-order valence-electron chi connectivity index (χ2n) is 5.50. The van der Waals surface area contributed by atoms with E-state index in [1.807, 2.05) is 19.1 Å². The van der Waals surface area contributed by atoms with Crippen LogP contribution < -0.4 is 0 Å². The molecular formula is C14H20BrNO2S. The molecule has 1 unspecified atom stereocenters. The van der Waals surface area contributed by atoms with E-state index in [-0.39, 0.29) is 6.04 Å². The van der Waals surface area contributed by atoms with Gasteiger partial charge in [-0.2, -0.15) is 4.31 Å². The first-order chi connectivity index (χ1) is 8.84. The van der Waals surface area contributed by atoms with Gasteiger partial charge in [-0.25, -0.2) is 8.42 Å². The molecule has 2 rings (SSSR count). The lowest BCUT2D eigenvalue weighted by molar-refractivity contribution is 0.315. The van der Waals surface area contributed by atoms with Crippen LogP contribution in [-0.2, 0) is 10.0 Å². The van der Waals surface area contributed by atoms with Crippen molar-refractivity contribution in [1.82, 2.24) is 4.31 Å². The Balaban J connectivity index is 2.42. The van der Waals surface area contributed by atoms with Crippen molar-refractivity contribution in [3.05, 3.63) is 28.2 Å². The van der Waals surface area contributed by atoms with Gasteiger partial charge >= 0.3 is 0 Å². The molecule has 1 aliphatic rings. The SMILES string of the molecule is Cc1ccc(S(=O)(=O)N2CCCC2C(C)C)c(Br)c1. The second-order valence-corrected chi connectivity index (χ2v) is 8.22. The van der Waals surface area contributed by atoms with Gasteiger partial charge in [0, 0.05) is 17.1 Å². The molecule has 5 heteroatoms. The van der Waals surface area contributed by atoms with Gasteiger partial charge in [-0.1, -0.05) is 19.9 Å². The van der Waals surface area contributed by atoms with Crippen LogP contribution in [0.2, 0.25) is 0 Å². The molecule has 1 heterocycles. The molecule has 0 N–H and O–H groups in total. The second kappa shape index (κ2) is 5.54. The molecule has 0 aliphatic carbocycles. The fourth-order valence-corrected chi connectivity index (χ4v) is 5.65. The number of hydrogen-bond donors (Lipinski definition) is 0. The van der Waals surface area contributed by atoms with Crippen molar-refractivity contribution in [1.29, 1.82) is 0 Å². The molecule has 0 bridgehead atoms. The van der Waals surface area contributed by atoms with Crippen LogP contribution in [0.5, 0.6) is 0 Å². The zero-order chi connectivity index (χ0) is 14.2. The van der Waals surface area contributed by atoms with Gasteiger partial charge in [0.15, 0.2) is 0 Å². The molecule has 0 spiro atoms. The van der Waals surface area contributed by atoms with Crippen molar-refractivity contribution < 1.29 is 8.42 Å². The van der Waals surface area contributed by atoms with Crippen molar-refractivity contribution in [3.8, 4) is 0 Å². The van der Waals surface area contributed by atoms with Crippen molar-refractivity contribution in [3.63, 3.8) is 0 Å². The minimum absolute atomic E-state index is 0.123. The number of halogens is 1. The maximum Gasteiger partial charge on any atom is 0.244 e. The van der Waals surface area contributed by atoms with Crippen LogP contribution >= 0.6 is 15.9 Å². The number of nitrogens with zero attached hydrogens (tertiary/aromatic N) is 1. The molecule has 0 amide bonds. The monoisotopic (exact) mass is 345 g/mol. The molecule has 0 saturated carbocycles. The van der Waals surface area contributed by atoms with E-state index in [1.165, 1.54) is 0 Å². The Kier molecular flexibility index (Phi) is 4.38. The first-order valence-electron chi connectivity index (χ1n) is 6.62. The van der Waals surface area contributed by atoms with Gasteiger partial charge in [-0.15, -0.1) is 0 Å². The number of sulfonamides is 1. The first-order valence-corrected chi connectivity index (χ1v) is 8.85. The molecule has 1 saturated heterocycles. The summed E-state index contributed by atoms with van der Waals surface area (Å²) in [5, 5.41) is 0. The zero-order valence-corrected chi connectivity index (χ0v) is 14.0. The third kappa shape index (κ3) is 2.88. The lowest BCUT2D eigenvalue weighted by Crippen LogP contribution is -2.38. The summed E-state index contributed by atoms with van der Waals surface area (Å²) >= 11 is 3.38. The molecule has 0 aromatic heterocycles. The normalized spacial score (nSPS) is 21.2. The third-order valence-corrected chi connectivity index (χ3v) is 6.59. The summed E-state index contributed by atoms with van der Waals surface area (Å²) in [5.74, 6) is 0.349. The van der Waals surface area contributed by atoms with E-state index in [0.717, 1.165) is 18.4 Å². The van der Waals surface area contributed by atoms with Crippen molar-refractivity contribution in [2.24, 2.45) is 5.92 Å². The smallest absolute Gasteiger partial charge is 0.207 e. The summed E-state index contributed by atoms with van der Waals surface area (Å²) in [7, 11) is -3.39. The minimum Gasteiger partial charge on any atom is -0.207 e. The third-order valence-electron chi connectivity index (χ3n) is 3.69. The predicted molar refractivity (Wildman–Crippen MR) is 80.6 cm³/mol. The van der Waals surface area contributed by atoms with Gasteiger partial charge in [0.1, 0.15) is 0 Å². The Morgan fingerprint density at radius 2 is 2.05 bits per heavy atom. The van der Waals surface area contributed by atoms with Crippen LogP contribution in [-0.4, -0.2) is 25.3 Å². The van der Waals surface area contributed by atoms with Crippen LogP contribution in [0.25, 0.3) is 0 Å². The minimum atomic E-state index is -3.39. The fraction of sp³-hybridized carbons (Fsp3) is 0.571. The number of hydrogen-bond acceptors (Lipinski definition) is 2. The highest BCUT2D eigenvalue weighted by molar-refractivity contribution is 9.10. The van der Waals surface area contributed by atoms with Gasteiger partial charge in [-0.05, 0) is 59.3 Å². The van der Waals surface area contributed by atoms with Gasteiger partial charge in [0.25, 0.3) is 0 Å². The predicted octanol–water partition coefficient (Wildman–Crippen LogP) is 3.57. The summed E-state index contributed by atoms with van der Waals surface area (Å²) in [5.41, 5.74) is 1.05. The van der Waals surface area contributed by atoms with Crippen molar-refractivity contribution in [2.75, 3.05) is 6.54 Å². The molecule has 106 valence electrons. The van der Waals surface area contributed by atoms with Crippen LogP contribution in [0.1, 0.15) is 32.3 Å². The zero-order valence-electron chi connectivity index (χ0n) is 11.6. The Labute approximate surface area is 124 Å². The van der Waals surface area contributed by atoms with E-state index in [0.29, 0.717) is 21.8 Å². The standard InChI is InChI=1S/C14H20BrNO2S/c1-10(2)13-5-4-8-16(13)19(17,18)14-7-6-11(3)9-12(14)15/h6-7,9-10,13H,4-5,8H2,1-3H3. The van der Waals surface area contributed by atoms with Crippen molar-refractivity contribution in [2.45, 2.75) is 44.6 Å². The van der Waals surface area contributed by atoms with E-state index in [2.05, 4.69) is 29.8 Å². The van der Waals surface area contributed by atoms with Gasteiger partial charge in [0.05, 0.1) is 4.90 Å². The molecule has 1 aliphatic heterocycles. The van der Waals surface area contributed by atoms with Gasteiger partial charge in [0.2, 0.25) is 10.0 Å². The summed E-state index contributed by atoms with van der Waals surface area (Å²) < 4.78 is 27.9. The van der Waals surface area contributed by atoms with Crippen LogP contribution in [0.3, 0.4) is 0 Å². The van der Waals surface area contributed by atoms with Crippen LogP contribution in [0, 0.1) is 12.8 Å². The summed E-state index contributed by atoms with van der Waals surface area (Å²) in [6, 6.07) is 5.52. The highest BCUT2D eigenvalue weighted by Crippen LogP contribution is 2.33. The summed E-state index contributed by atoms with van der Waals surface area (Å²) in [6.45, 7) is 6.75. The van der Waals surface area contributed by atoms with Gasteiger partial charge < -0.3 is 0 Å². The lowest BCUT2D eigenvalue weighted by Gasteiger charge is -2.27. The van der Waals surface area contributed by atoms with Gasteiger partial charge in [-0.3, -0.25) is 0 Å². The summed E-state index contributed by atoms with van der Waals surface area (Å²) in [4.78, 5) is 0.380. The lowest BCUT2D eigenvalue weighted by atomic mass is 10.0. The molecule has 1 atom stereocenters. The highest BCUT2D eigenvalue weighted by atomic mass is 79.9. The molecule has 3 nitrogen and oxygen atoms in total. The molecule has 1 fully saturated rings. The molecular weight excluding hydrogens is 326 g/mol. The van der Waals surface area contributed by atoms with E-state index in [4.69, 9.17) is 0 Å². The van der Waals surface area contributed by atoms with Crippen LogP contribution in [0.4, 0.5) is 0 Å². The Morgan fingerprint density at radius 3 is 2.63 bits per heavy atom. The maximum absolute atomic E-state index is 12.8. The molecule has 0 radical (unpaired) electrons.